The summed E-state index contributed by atoms with van der Waals surface area (Å²) in [5, 5.41) is 0. The van der Waals surface area contributed by atoms with Gasteiger partial charge < -0.3 is 14.2 Å². The van der Waals surface area contributed by atoms with E-state index in [0.717, 1.165) is 4.57 Å². The van der Waals surface area contributed by atoms with Crippen LogP contribution in [-0.4, -0.2) is 45.1 Å². The summed E-state index contributed by atoms with van der Waals surface area (Å²) >= 11 is 3.34. The maximum Gasteiger partial charge on any atom is 0.330 e. The zero-order valence-electron chi connectivity index (χ0n) is 12.4. The molecule has 0 unspecified atom stereocenters. The molecule has 0 saturated carbocycles. The molecule has 1 aliphatic rings. The van der Waals surface area contributed by atoms with Crippen molar-refractivity contribution in [3.63, 3.8) is 0 Å². The molecule has 1 saturated heterocycles. The molecule has 10 heteroatoms. The Balaban J connectivity index is 2.27. The number of ether oxygens (including phenoxy) is 3. The predicted octanol–water partition coefficient (Wildman–Crippen LogP) is -0.308. The van der Waals surface area contributed by atoms with Crippen LogP contribution in [0.1, 0.15) is 20.1 Å². The molecule has 0 amide bonds. The van der Waals surface area contributed by atoms with Gasteiger partial charge in [-0.05, 0) is 0 Å². The van der Waals surface area contributed by atoms with Crippen LogP contribution in [0.25, 0.3) is 0 Å². The van der Waals surface area contributed by atoms with Crippen LogP contribution in [0, 0.1) is 0 Å². The van der Waals surface area contributed by atoms with Crippen molar-refractivity contribution < 1.29 is 23.8 Å². The second-order valence-electron chi connectivity index (χ2n) is 4.90. The molecule has 1 N–H and O–H groups in total. The molecule has 0 aromatic carbocycles. The van der Waals surface area contributed by atoms with E-state index in [1.807, 2.05) is 0 Å². The summed E-state index contributed by atoms with van der Waals surface area (Å²) in [5.74, 6) is -1.05. The lowest BCUT2D eigenvalue weighted by atomic mass is 10.2. The Morgan fingerprint density at radius 1 is 1.35 bits per heavy atom. The molecule has 2 rings (SSSR count). The fourth-order valence-corrected chi connectivity index (χ4v) is 3.04. The van der Waals surface area contributed by atoms with Crippen LogP contribution in [0.5, 0.6) is 0 Å². The minimum Gasteiger partial charge on any atom is -0.463 e. The number of nitrogens with one attached hydrogen (secondary N) is 1. The van der Waals surface area contributed by atoms with Crippen molar-refractivity contribution in [3.8, 4) is 0 Å². The van der Waals surface area contributed by atoms with Gasteiger partial charge in [-0.1, -0.05) is 15.9 Å². The molecule has 2 heterocycles. The summed E-state index contributed by atoms with van der Waals surface area (Å²) in [6.45, 7) is 2.34. The average molecular weight is 391 g/mol. The number of nitrogens with zero attached hydrogens (tertiary/aromatic N) is 1. The highest BCUT2D eigenvalue weighted by atomic mass is 79.9. The fourth-order valence-electron chi connectivity index (χ4n) is 2.21. The van der Waals surface area contributed by atoms with Crippen molar-refractivity contribution in [1.82, 2.24) is 9.55 Å². The molecule has 0 spiro atoms. The van der Waals surface area contributed by atoms with Crippen molar-refractivity contribution >= 4 is 27.9 Å². The number of carbonyl (C=O) groups is 2. The zero-order valence-corrected chi connectivity index (χ0v) is 13.9. The molecule has 23 heavy (non-hydrogen) atoms. The lowest BCUT2D eigenvalue weighted by Gasteiger charge is -2.19. The number of esters is 2. The van der Waals surface area contributed by atoms with Crippen molar-refractivity contribution in [3.05, 3.63) is 33.1 Å². The molecule has 1 aromatic rings. The third-order valence-corrected chi connectivity index (χ3v) is 4.12. The van der Waals surface area contributed by atoms with Crippen molar-refractivity contribution in [2.45, 2.75) is 37.1 Å². The summed E-state index contributed by atoms with van der Waals surface area (Å²) in [6.07, 6.45) is -1.09. The molecular weight excluding hydrogens is 376 g/mol. The third-order valence-electron chi connectivity index (χ3n) is 3.15. The smallest absolute Gasteiger partial charge is 0.330 e. The number of carbonyl (C=O) groups excluding carboxylic acids is 2. The van der Waals surface area contributed by atoms with Gasteiger partial charge in [-0.15, -0.1) is 0 Å². The summed E-state index contributed by atoms with van der Waals surface area (Å²) in [7, 11) is 0. The lowest BCUT2D eigenvalue weighted by molar-refractivity contribution is -0.155. The van der Waals surface area contributed by atoms with Crippen molar-refractivity contribution in [1.29, 1.82) is 0 Å². The van der Waals surface area contributed by atoms with Crippen LogP contribution < -0.4 is 11.2 Å². The number of aromatic nitrogens is 2. The summed E-state index contributed by atoms with van der Waals surface area (Å²) < 4.78 is 16.9. The van der Waals surface area contributed by atoms with Gasteiger partial charge in [-0.25, -0.2) is 4.79 Å². The van der Waals surface area contributed by atoms with Gasteiger partial charge in [0.1, 0.15) is 18.8 Å². The van der Waals surface area contributed by atoms with Crippen LogP contribution >= 0.6 is 15.9 Å². The molecule has 0 aliphatic carbocycles. The largest absolute Gasteiger partial charge is 0.463 e. The summed E-state index contributed by atoms with van der Waals surface area (Å²) in [5.41, 5.74) is -1.20. The van der Waals surface area contributed by atoms with E-state index < -0.39 is 46.5 Å². The minimum absolute atomic E-state index is 0.135. The highest BCUT2D eigenvalue weighted by molar-refractivity contribution is 9.09. The molecule has 1 fully saturated rings. The summed E-state index contributed by atoms with van der Waals surface area (Å²) in [6, 6.07) is 1.17. The Kier molecular flexibility index (Phi) is 5.37. The van der Waals surface area contributed by atoms with E-state index >= 15 is 0 Å². The Hall–Kier alpha value is -1.94. The third kappa shape index (κ3) is 4.08. The Bertz CT molecular complexity index is 713. The van der Waals surface area contributed by atoms with Crippen LogP contribution in [-0.2, 0) is 23.8 Å². The zero-order chi connectivity index (χ0) is 17.1. The monoisotopic (exact) mass is 390 g/mol. The highest BCUT2D eigenvalue weighted by Gasteiger charge is 2.47. The molecule has 4 atom stereocenters. The molecule has 9 nitrogen and oxygen atoms in total. The van der Waals surface area contributed by atoms with Crippen LogP contribution in [0.3, 0.4) is 0 Å². The molecule has 1 aromatic heterocycles. The van der Waals surface area contributed by atoms with E-state index in [-0.39, 0.29) is 6.61 Å². The maximum atomic E-state index is 11.9. The fraction of sp³-hybridized carbons (Fsp3) is 0.538. The second-order valence-corrected chi connectivity index (χ2v) is 5.96. The highest BCUT2D eigenvalue weighted by Crippen LogP contribution is 2.35. The Morgan fingerprint density at radius 3 is 2.61 bits per heavy atom. The average Bonchev–Trinajstić information content (AvgIpc) is 2.73. The summed E-state index contributed by atoms with van der Waals surface area (Å²) in [4.78, 5) is 46.8. The van der Waals surface area contributed by atoms with E-state index in [0.29, 0.717) is 0 Å². The van der Waals surface area contributed by atoms with Gasteiger partial charge in [-0.3, -0.25) is 23.9 Å². The predicted molar refractivity (Wildman–Crippen MR) is 80.1 cm³/mol. The van der Waals surface area contributed by atoms with Crippen LogP contribution in [0.2, 0.25) is 0 Å². The standard InChI is InChI=1S/C13H15BrN2O7/c1-6(17)21-5-8-11(22-7(2)18)10(14)12(23-8)16-4-3-9(19)15-13(16)20/h3-4,8,10-12H,5H2,1-2H3,(H,15,19,20)/t8-,10-,11+,12+/m0/s1. The first-order valence-corrected chi connectivity index (χ1v) is 7.62. The first kappa shape index (κ1) is 17.4. The first-order chi connectivity index (χ1) is 10.8. The Labute approximate surface area is 138 Å². The second kappa shape index (κ2) is 7.09. The molecule has 0 radical (unpaired) electrons. The van der Waals surface area contributed by atoms with Crippen LogP contribution in [0.4, 0.5) is 0 Å². The van der Waals surface area contributed by atoms with Gasteiger partial charge in [0.05, 0.1) is 4.83 Å². The van der Waals surface area contributed by atoms with Crippen molar-refractivity contribution in [2.75, 3.05) is 6.61 Å². The number of alkyl halides is 1. The number of hydrogen-bond donors (Lipinski definition) is 1. The quantitative estimate of drug-likeness (QED) is 0.553. The molecule has 126 valence electrons. The minimum atomic E-state index is -0.843. The topological polar surface area (TPSA) is 117 Å². The SMILES string of the molecule is CC(=O)OC[C@@H]1O[C@@H](n2ccc(=O)[nH]c2=O)[C@@H](Br)[C@@H]1OC(C)=O. The van der Waals surface area contributed by atoms with Gasteiger partial charge in [0.15, 0.2) is 6.23 Å². The normalized spacial score (nSPS) is 26.7. The van der Waals surface area contributed by atoms with Gasteiger partial charge in [0.25, 0.3) is 5.56 Å². The van der Waals surface area contributed by atoms with E-state index in [4.69, 9.17) is 14.2 Å². The van der Waals surface area contributed by atoms with E-state index in [1.165, 1.54) is 26.1 Å². The van der Waals surface area contributed by atoms with E-state index in [1.54, 1.807) is 0 Å². The molecule has 1 aliphatic heterocycles. The number of H-pyrrole nitrogens is 1. The number of halogens is 1. The van der Waals surface area contributed by atoms with Crippen molar-refractivity contribution in [2.24, 2.45) is 0 Å². The van der Waals surface area contributed by atoms with Gasteiger partial charge in [-0.2, -0.15) is 0 Å². The number of hydrogen-bond acceptors (Lipinski definition) is 7. The van der Waals surface area contributed by atoms with Gasteiger partial charge >= 0.3 is 17.6 Å². The number of rotatable bonds is 4. The lowest BCUT2D eigenvalue weighted by Crippen LogP contribution is -2.37. The number of aromatic amines is 1. The Morgan fingerprint density at radius 2 is 2.04 bits per heavy atom. The molecular formula is C13H15BrN2O7. The first-order valence-electron chi connectivity index (χ1n) is 6.71. The maximum absolute atomic E-state index is 11.9. The molecule has 0 bridgehead atoms. The van der Waals surface area contributed by atoms with Crippen LogP contribution in [0.15, 0.2) is 21.9 Å². The van der Waals surface area contributed by atoms with Gasteiger partial charge in [0.2, 0.25) is 0 Å². The van der Waals surface area contributed by atoms with Gasteiger partial charge in [0, 0.05) is 26.1 Å². The van der Waals surface area contributed by atoms with E-state index in [2.05, 4.69) is 20.9 Å². The van der Waals surface area contributed by atoms with E-state index in [9.17, 15) is 19.2 Å².